The first kappa shape index (κ1) is 16.3. The Morgan fingerprint density at radius 3 is 2.62 bits per heavy atom. The molecule has 0 radical (unpaired) electrons. The van der Waals surface area contributed by atoms with Gasteiger partial charge in [-0.3, -0.25) is 9.69 Å². The van der Waals surface area contributed by atoms with Crippen LogP contribution in [-0.2, 0) is 0 Å². The molecule has 1 fully saturated rings. The average molecular weight is 310 g/mol. The molecule has 3 nitrogen and oxygen atoms in total. The van der Waals surface area contributed by atoms with Crippen molar-refractivity contribution in [3.8, 4) is 5.75 Å². The summed E-state index contributed by atoms with van der Waals surface area (Å²) in [4.78, 5) is 14.8. The number of benzene rings is 1. The van der Waals surface area contributed by atoms with Crippen molar-refractivity contribution in [3.63, 3.8) is 0 Å². The number of rotatable bonds is 5. The van der Waals surface area contributed by atoms with E-state index in [1.54, 1.807) is 18.2 Å². The molecule has 1 saturated heterocycles. The van der Waals surface area contributed by atoms with Gasteiger partial charge in [-0.25, -0.2) is 0 Å². The Bertz CT molecular complexity index is 494. The van der Waals surface area contributed by atoms with Crippen LogP contribution < -0.4 is 4.74 Å². The van der Waals surface area contributed by atoms with Gasteiger partial charge in [0.2, 0.25) is 0 Å². The highest BCUT2D eigenvalue weighted by molar-refractivity contribution is 6.31. The predicted octanol–water partition coefficient (Wildman–Crippen LogP) is 3.90. The highest BCUT2D eigenvalue weighted by Gasteiger charge is 2.24. The SMILES string of the molecule is CCOc1ccc(Cl)cc1C(=O)CN1CC(C)CC(C)C1. The van der Waals surface area contributed by atoms with E-state index >= 15 is 0 Å². The summed E-state index contributed by atoms with van der Waals surface area (Å²) in [6, 6.07) is 5.25. The van der Waals surface area contributed by atoms with Gasteiger partial charge in [-0.15, -0.1) is 0 Å². The van der Waals surface area contributed by atoms with Crippen LogP contribution in [0.1, 0.15) is 37.6 Å². The lowest BCUT2D eigenvalue weighted by atomic mass is 9.91. The highest BCUT2D eigenvalue weighted by Crippen LogP contribution is 2.25. The van der Waals surface area contributed by atoms with Gasteiger partial charge in [0.25, 0.3) is 0 Å². The van der Waals surface area contributed by atoms with E-state index in [9.17, 15) is 4.79 Å². The van der Waals surface area contributed by atoms with Gasteiger partial charge in [-0.1, -0.05) is 25.4 Å². The molecule has 0 bridgehead atoms. The van der Waals surface area contributed by atoms with Crippen LogP contribution in [-0.4, -0.2) is 36.9 Å². The Morgan fingerprint density at radius 2 is 2.00 bits per heavy atom. The second-order valence-corrected chi connectivity index (χ2v) is 6.57. The highest BCUT2D eigenvalue weighted by atomic mass is 35.5. The molecular weight excluding hydrogens is 286 g/mol. The fraction of sp³-hybridized carbons (Fsp3) is 0.588. The molecule has 0 aromatic heterocycles. The van der Waals surface area contributed by atoms with Crippen molar-refractivity contribution in [2.24, 2.45) is 11.8 Å². The summed E-state index contributed by atoms with van der Waals surface area (Å²) in [5.74, 6) is 2.01. The van der Waals surface area contributed by atoms with Gasteiger partial charge in [0.15, 0.2) is 5.78 Å². The molecule has 0 saturated carbocycles. The lowest BCUT2D eigenvalue weighted by molar-refractivity contribution is 0.0846. The van der Waals surface area contributed by atoms with Crippen molar-refractivity contribution in [2.45, 2.75) is 27.2 Å². The minimum atomic E-state index is 0.0854. The second-order valence-electron chi connectivity index (χ2n) is 6.14. The molecule has 21 heavy (non-hydrogen) atoms. The summed E-state index contributed by atoms with van der Waals surface area (Å²) in [5.41, 5.74) is 0.593. The third-order valence-electron chi connectivity index (χ3n) is 3.85. The van der Waals surface area contributed by atoms with Crippen LogP contribution in [0.2, 0.25) is 5.02 Å². The van der Waals surface area contributed by atoms with E-state index in [-0.39, 0.29) is 5.78 Å². The number of hydrogen-bond acceptors (Lipinski definition) is 3. The third-order valence-corrected chi connectivity index (χ3v) is 4.09. The van der Waals surface area contributed by atoms with Gasteiger partial charge >= 0.3 is 0 Å². The Morgan fingerprint density at radius 1 is 1.33 bits per heavy atom. The number of piperidine rings is 1. The van der Waals surface area contributed by atoms with Crippen LogP contribution in [0.25, 0.3) is 0 Å². The number of ether oxygens (including phenoxy) is 1. The molecule has 1 aromatic rings. The number of carbonyl (C=O) groups is 1. The lowest BCUT2D eigenvalue weighted by Crippen LogP contribution is -2.41. The first-order valence-corrected chi connectivity index (χ1v) is 8.05. The van der Waals surface area contributed by atoms with E-state index in [2.05, 4.69) is 18.7 Å². The van der Waals surface area contributed by atoms with Crippen molar-refractivity contribution in [3.05, 3.63) is 28.8 Å². The van der Waals surface area contributed by atoms with E-state index in [0.29, 0.717) is 41.3 Å². The number of hydrogen-bond donors (Lipinski definition) is 0. The Balaban J connectivity index is 2.10. The molecule has 1 aliphatic heterocycles. The van der Waals surface area contributed by atoms with Crippen molar-refractivity contribution >= 4 is 17.4 Å². The molecule has 1 heterocycles. The minimum Gasteiger partial charge on any atom is -0.493 e. The summed E-state index contributed by atoms with van der Waals surface area (Å²) in [6.07, 6.45) is 1.24. The number of ketones is 1. The maximum atomic E-state index is 12.6. The van der Waals surface area contributed by atoms with Crippen LogP contribution in [0.15, 0.2) is 18.2 Å². The Kier molecular flexibility index (Phi) is 5.65. The smallest absolute Gasteiger partial charge is 0.180 e. The molecule has 2 rings (SSSR count). The van der Waals surface area contributed by atoms with Gasteiger partial charge in [-0.05, 0) is 43.4 Å². The number of likely N-dealkylation sites (tertiary alicyclic amines) is 1. The van der Waals surface area contributed by atoms with Crippen LogP contribution in [0, 0.1) is 11.8 Å². The maximum Gasteiger partial charge on any atom is 0.180 e. The van der Waals surface area contributed by atoms with Gasteiger partial charge in [-0.2, -0.15) is 0 Å². The van der Waals surface area contributed by atoms with Crippen molar-refractivity contribution in [1.29, 1.82) is 0 Å². The van der Waals surface area contributed by atoms with Gasteiger partial charge in [0.05, 0.1) is 18.7 Å². The maximum absolute atomic E-state index is 12.6. The number of nitrogens with zero attached hydrogens (tertiary/aromatic N) is 1. The quantitative estimate of drug-likeness (QED) is 0.773. The minimum absolute atomic E-state index is 0.0854. The molecule has 0 aliphatic carbocycles. The van der Waals surface area contributed by atoms with E-state index < -0.39 is 0 Å². The van der Waals surface area contributed by atoms with Crippen LogP contribution >= 0.6 is 11.6 Å². The predicted molar refractivity (Wildman–Crippen MR) is 86.3 cm³/mol. The van der Waals surface area contributed by atoms with Crippen LogP contribution in [0.3, 0.4) is 0 Å². The zero-order valence-corrected chi connectivity index (χ0v) is 13.8. The number of halogens is 1. The molecule has 1 aliphatic rings. The summed E-state index contributed by atoms with van der Waals surface area (Å²) in [5, 5.41) is 0.571. The molecule has 116 valence electrons. The van der Waals surface area contributed by atoms with Crippen LogP contribution in [0.4, 0.5) is 0 Å². The summed E-state index contributed by atoms with van der Waals surface area (Å²) < 4.78 is 5.55. The molecule has 2 atom stereocenters. The summed E-state index contributed by atoms with van der Waals surface area (Å²) in [7, 11) is 0. The number of carbonyl (C=O) groups excluding carboxylic acids is 1. The summed E-state index contributed by atoms with van der Waals surface area (Å²) >= 11 is 6.03. The van der Waals surface area contributed by atoms with Gasteiger partial charge in [0.1, 0.15) is 5.75 Å². The lowest BCUT2D eigenvalue weighted by Gasteiger charge is -2.34. The second kappa shape index (κ2) is 7.28. The molecule has 0 amide bonds. The van der Waals surface area contributed by atoms with E-state index in [1.807, 2.05) is 6.92 Å². The fourth-order valence-corrected chi connectivity index (χ4v) is 3.38. The topological polar surface area (TPSA) is 29.5 Å². The Hall–Kier alpha value is -1.06. The molecule has 0 spiro atoms. The Labute approximate surface area is 132 Å². The van der Waals surface area contributed by atoms with E-state index in [1.165, 1.54) is 6.42 Å². The molecule has 2 unspecified atom stereocenters. The monoisotopic (exact) mass is 309 g/mol. The normalized spacial score (nSPS) is 23.0. The molecule has 0 N–H and O–H groups in total. The largest absolute Gasteiger partial charge is 0.493 e. The molecule has 1 aromatic carbocycles. The van der Waals surface area contributed by atoms with Crippen LogP contribution in [0.5, 0.6) is 5.75 Å². The average Bonchev–Trinajstić information content (AvgIpc) is 2.39. The van der Waals surface area contributed by atoms with Gasteiger partial charge in [0, 0.05) is 18.1 Å². The van der Waals surface area contributed by atoms with E-state index in [0.717, 1.165) is 13.1 Å². The molecule has 4 heteroatoms. The standard InChI is InChI=1S/C17H24ClNO2/c1-4-21-17-6-5-14(18)8-15(17)16(20)11-19-9-12(2)7-13(3)10-19/h5-6,8,12-13H,4,7,9-11H2,1-3H3. The first-order valence-electron chi connectivity index (χ1n) is 7.67. The zero-order chi connectivity index (χ0) is 15.4. The fourth-order valence-electron chi connectivity index (χ4n) is 3.21. The number of Topliss-reactive ketones (excluding diaryl/α,β-unsaturated/α-hetero) is 1. The third kappa shape index (κ3) is 4.45. The summed E-state index contributed by atoms with van der Waals surface area (Å²) in [6.45, 7) is 9.36. The first-order chi connectivity index (χ1) is 9.99. The van der Waals surface area contributed by atoms with E-state index in [4.69, 9.17) is 16.3 Å². The van der Waals surface area contributed by atoms with Crippen molar-refractivity contribution in [1.82, 2.24) is 4.90 Å². The van der Waals surface area contributed by atoms with Crippen molar-refractivity contribution in [2.75, 3.05) is 26.2 Å². The molecular formula is C17H24ClNO2. The van der Waals surface area contributed by atoms with Crippen molar-refractivity contribution < 1.29 is 9.53 Å². The van der Waals surface area contributed by atoms with Gasteiger partial charge < -0.3 is 4.74 Å². The zero-order valence-electron chi connectivity index (χ0n) is 13.1.